The third kappa shape index (κ3) is 2.62. The number of rotatable bonds is 3. The molecule has 102 valence electrons. The monoisotopic (exact) mass is 303 g/mol. The zero-order valence-corrected chi connectivity index (χ0v) is 12.8. The maximum Gasteiger partial charge on any atom is 0.258 e. The summed E-state index contributed by atoms with van der Waals surface area (Å²) < 4.78 is 2.59. The summed E-state index contributed by atoms with van der Waals surface area (Å²) >= 11 is 3.23. The number of hydrogen-bond acceptors (Lipinski definition) is 5. The largest absolute Gasteiger partial charge is 0.269 e. The zero-order chi connectivity index (χ0) is 14.1. The Morgan fingerprint density at radius 3 is 2.95 bits per heavy atom. The van der Waals surface area contributed by atoms with E-state index in [0.717, 1.165) is 26.9 Å². The molecule has 0 bridgehead atoms. The van der Waals surface area contributed by atoms with Crippen LogP contribution < -0.4 is 5.56 Å². The van der Waals surface area contributed by atoms with Crippen LogP contribution in [0, 0.1) is 13.8 Å². The van der Waals surface area contributed by atoms with Crippen LogP contribution in [0.3, 0.4) is 0 Å². The summed E-state index contributed by atoms with van der Waals surface area (Å²) in [6, 6.07) is 5.42. The highest BCUT2D eigenvalue weighted by Crippen LogP contribution is 2.25. The van der Waals surface area contributed by atoms with Crippen molar-refractivity contribution in [3.63, 3.8) is 0 Å². The fraction of sp³-hybridized carbons (Fsp3) is 0.214. The summed E-state index contributed by atoms with van der Waals surface area (Å²) in [6.45, 7) is 3.94. The minimum absolute atomic E-state index is 0.0374. The van der Waals surface area contributed by atoms with E-state index in [2.05, 4.69) is 9.97 Å². The van der Waals surface area contributed by atoms with Crippen LogP contribution in [-0.2, 0) is 5.75 Å². The normalized spacial score (nSPS) is 11.1. The first-order valence-electron chi connectivity index (χ1n) is 6.16. The minimum atomic E-state index is -0.0374. The van der Waals surface area contributed by atoms with Crippen LogP contribution in [0.1, 0.15) is 17.0 Å². The second-order valence-electron chi connectivity index (χ2n) is 4.51. The Morgan fingerprint density at radius 1 is 1.35 bits per heavy atom. The molecule has 0 spiro atoms. The fourth-order valence-corrected chi connectivity index (χ4v) is 3.66. The smallest absolute Gasteiger partial charge is 0.258 e. The van der Waals surface area contributed by atoms with Crippen molar-refractivity contribution < 1.29 is 0 Å². The van der Waals surface area contributed by atoms with Gasteiger partial charge >= 0.3 is 0 Å². The van der Waals surface area contributed by atoms with E-state index in [1.165, 1.54) is 0 Å². The van der Waals surface area contributed by atoms with E-state index in [4.69, 9.17) is 0 Å². The van der Waals surface area contributed by atoms with Gasteiger partial charge in [-0.3, -0.25) is 9.20 Å². The molecule has 0 unspecified atom stereocenters. The Morgan fingerprint density at radius 2 is 2.20 bits per heavy atom. The summed E-state index contributed by atoms with van der Waals surface area (Å²) in [7, 11) is 0. The van der Waals surface area contributed by atoms with Gasteiger partial charge in [0.25, 0.3) is 5.56 Å². The predicted molar refractivity (Wildman–Crippen MR) is 82.6 cm³/mol. The Kier molecular flexibility index (Phi) is 3.58. The van der Waals surface area contributed by atoms with Crippen molar-refractivity contribution in [1.82, 2.24) is 14.4 Å². The molecule has 3 aromatic heterocycles. The van der Waals surface area contributed by atoms with E-state index in [0.29, 0.717) is 5.75 Å². The van der Waals surface area contributed by atoms with Crippen molar-refractivity contribution in [2.45, 2.75) is 23.9 Å². The minimum Gasteiger partial charge on any atom is -0.269 e. The van der Waals surface area contributed by atoms with Crippen LogP contribution in [0.2, 0.25) is 0 Å². The first-order chi connectivity index (χ1) is 9.63. The highest BCUT2D eigenvalue weighted by atomic mass is 32.2. The molecule has 0 fully saturated rings. The molecule has 0 aliphatic heterocycles. The summed E-state index contributed by atoms with van der Waals surface area (Å²) in [4.78, 5) is 21.0. The first-order valence-corrected chi connectivity index (χ1v) is 8.03. The van der Waals surface area contributed by atoms with Gasteiger partial charge in [0, 0.05) is 29.1 Å². The predicted octanol–water partition coefficient (Wildman–Crippen LogP) is 3.06. The number of aromatic nitrogens is 3. The standard InChI is InChI=1S/C14H13N3OS2/c1-9-4-3-5-17-12(18)6-11(16-13(9)17)8-20-14-15-10(2)7-19-14/h3-7H,8H2,1-2H3. The number of nitrogens with zero attached hydrogens (tertiary/aromatic N) is 3. The van der Waals surface area contributed by atoms with Gasteiger partial charge in [0.05, 0.1) is 5.69 Å². The van der Waals surface area contributed by atoms with Crippen LogP contribution in [0.25, 0.3) is 5.65 Å². The van der Waals surface area contributed by atoms with Crippen LogP contribution in [0.5, 0.6) is 0 Å². The van der Waals surface area contributed by atoms with Gasteiger partial charge in [0.1, 0.15) is 9.99 Å². The van der Waals surface area contributed by atoms with Gasteiger partial charge in [-0.15, -0.1) is 11.3 Å². The zero-order valence-electron chi connectivity index (χ0n) is 11.2. The molecule has 0 aliphatic carbocycles. The molecule has 0 aliphatic rings. The van der Waals surface area contributed by atoms with Gasteiger partial charge < -0.3 is 0 Å². The molecular formula is C14H13N3OS2. The van der Waals surface area contributed by atoms with Crippen molar-refractivity contribution >= 4 is 28.7 Å². The van der Waals surface area contributed by atoms with Crippen LogP contribution >= 0.6 is 23.1 Å². The molecule has 0 amide bonds. The average molecular weight is 303 g/mol. The lowest BCUT2D eigenvalue weighted by Gasteiger charge is -2.05. The summed E-state index contributed by atoms with van der Waals surface area (Å²) in [5.41, 5.74) is 3.51. The lowest BCUT2D eigenvalue weighted by Crippen LogP contribution is -2.15. The SMILES string of the molecule is Cc1csc(SCc2cc(=O)n3cccc(C)c3n2)n1. The molecule has 0 radical (unpaired) electrons. The Bertz CT molecular complexity index is 823. The molecule has 0 saturated carbocycles. The van der Waals surface area contributed by atoms with Gasteiger partial charge in [-0.05, 0) is 25.5 Å². The molecule has 20 heavy (non-hydrogen) atoms. The van der Waals surface area contributed by atoms with Gasteiger partial charge in [0.2, 0.25) is 0 Å². The van der Waals surface area contributed by atoms with E-state index >= 15 is 0 Å². The van der Waals surface area contributed by atoms with E-state index in [1.54, 1.807) is 39.8 Å². The summed E-state index contributed by atoms with van der Waals surface area (Å²) in [5.74, 6) is 0.660. The van der Waals surface area contributed by atoms with E-state index in [-0.39, 0.29) is 5.56 Å². The average Bonchev–Trinajstić information content (AvgIpc) is 2.84. The number of pyridine rings is 1. The van der Waals surface area contributed by atoms with Crippen LogP contribution in [0.4, 0.5) is 0 Å². The first kappa shape index (κ1) is 13.3. The van der Waals surface area contributed by atoms with Gasteiger partial charge in [-0.25, -0.2) is 9.97 Å². The van der Waals surface area contributed by atoms with Gasteiger partial charge in [-0.2, -0.15) is 0 Å². The van der Waals surface area contributed by atoms with Gasteiger partial charge in [-0.1, -0.05) is 17.8 Å². The van der Waals surface area contributed by atoms with Crippen molar-refractivity contribution in [3.05, 3.63) is 57.1 Å². The quantitative estimate of drug-likeness (QED) is 0.698. The van der Waals surface area contributed by atoms with Crippen molar-refractivity contribution in [2.24, 2.45) is 0 Å². The Hall–Kier alpha value is -1.66. The Balaban J connectivity index is 1.92. The maximum absolute atomic E-state index is 12.1. The third-order valence-electron chi connectivity index (χ3n) is 2.88. The van der Waals surface area contributed by atoms with E-state index in [1.807, 2.05) is 31.4 Å². The molecule has 3 aromatic rings. The second kappa shape index (κ2) is 5.38. The van der Waals surface area contributed by atoms with Crippen molar-refractivity contribution in [1.29, 1.82) is 0 Å². The van der Waals surface area contributed by atoms with Crippen LogP contribution in [0.15, 0.2) is 38.9 Å². The summed E-state index contributed by atoms with van der Waals surface area (Å²) in [6.07, 6.45) is 1.75. The molecule has 0 N–H and O–H groups in total. The van der Waals surface area contributed by atoms with Crippen molar-refractivity contribution in [2.75, 3.05) is 0 Å². The lowest BCUT2D eigenvalue weighted by atomic mass is 10.3. The molecular weight excluding hydrogens is 290 g/mol. The molecule has 3 rings (SSSR count). The molecule has 6 heteroatoms. The maximum atomic E-state index is 12.1. The van der Waals surface area contributed by atoms with Crippen LogP contribution in [-0.4, -0.2) is 14.4 Å². The topological polar surface area (TPSA) is 47.3 Å². The molecule has 0 atom stereocenters. The van der Waals surface area contributed by atoms with Crippen molar-refractivity contribution in [3.8, 4) is 0 Å². The molecule has 4 nitrogen and oxygen atoms in total. The highest BCUT2D eigenvalue weighted by molar-refractivity contribution is 8.00. The molecule has 3 heterocycles. The summed E-state index contributed by atoms with van der Waals surface area (Å²) in [5, 5.41) is 2.02. The third-order valence-corrected chi connectivity index (χ3v) is 5.05. The molecule has 0 aromatic carbocycles. The Labute approximate surface area is 124 Å². The van der Waals surface area contributed by atoms with E-state index < -0.39 is 0 Å². The van der Waals surface area contributed by atoms with E-state index in [9.17, 15) is 4.79 Å². The second-order valence-corrected chi connectivity index (χ2v) is 6.59. The lowest BCUT2D eigenvalue weighted by molar-refractivity contribution is 1.000. The number of aryl methyl sites for hydroxylation is 2. The highest BCUT2D eigenvalue weighted by Gasteiger charge is 2.06. The number of fused-ring (bicyclic) bond motifs is 1. The number of thioether (sulfide) groups is 1. The number of hydrogen-bond donors (Lipinski definition) is 0. The fourth-order valence-electron chi connectivity index (χ4n) is 1.92. The number of thiazole rings is 1. The van der Waals surface area contributed by atoms with Gasteiger partial charge in [0.15, 0.2) is 0 Å². The molecule has 0 saturated heterocycles.